The molecule has 11 heteroatoms. The van der Waals surface area contributed by atoms with Crippen LogP contribution in [0.25, 0.3) is 0 Å². The van der Waals surface area contributed by atoms with Gasteiger partial charge in [-0.3, -0.25) is 9.69 Å². The van der Waals surface area contributed by atoms with Crippen molar-refractivity contribution in [3.63, 3.8) is 0 Å². The number of benzene rings is 2. The topological polar surface area (TPSA) is 168 Å². The van der Waals surface area contributed by atoms with E-state index in [1.165, 1.54) is 12.7 Å². The average molecular weight is 506 g/mol. The van der Waals surface area contributed by atoms with E-state index in [1.807, 2.05) is 6.07 Å². The first-order chi connectivity index (χ1) is 16.6. The highest BCUT2D eigenvalue weighted by Crippen LogP contribution is 2.29. The number of nitrogens with one attached hydrogen (secondary N) is 1. The molecular formula is C24H28ClN3O7-2. The van der Waals surface area contributed by atoms with Crippen molar-refractivity contribution in [2.75, 3.05) is 25.9 Å². The van der Waals surface area contributed by atoms with Gasteiger partial charge in [-0.2, -0.15) is 0 Å². The molecule has 2 aromatic rings. The average Bonchev–Trinajstić information content (AvgIpc) is 2.82. The molecule has 0 radical (unpaired) electrons. The number of carbonyl (C=O) groups is 3. The first-order valence-electron chi connectivity index (χ1n) is 10.9. The minimum atomic E-state index is -1.96. The van der Waals surface area contributed by atoms with E-state index in [0.29, 0.717) is 22.0 Å². The molecule has 2 aromatic carbocycles. The number of carbonyl (C=O) groups excluding carboxylic acids is 3. The maximum Gasteiger partial charge on any atom is 0.255 e. The number of aliphatic hydroxyl groups excluding tert-OH is 1. The lowest BCUT2D eigenvalue weighted by atomic mass is 10.0. The van der Waals surface area contributed by atoms with Gasteiger partial charge in [-0.15, -0.1) is 0 Å². The van der Waals surface area contributed by atoms with Crippen LogP contribution in [0.15, 0.2) is 42.5 Å². The van der Waals surface area contributed by atoms with Crippen molar-refractivity contribution in [1.82, 2.24) is 10.2 Å². The normalized spacial score (nSPS) is 14.8. The zero-order chi connectivity index (χ0) is 26.0. The Balaban J connectivity index is 0.000000410. The number of nitrogen functional groups attached to an aromatic ring is 1. The number of carboxylic acids is 2. The molecule has 0 saturated carbocycles. The minimum Gasteiger partial charge on any atom is -0.550 e. The van der Waals surface area contributed by atoms with Gasteiger partial charge in [-0.1, -0.05) is 41.9 Å². The summed E-state index contributed by atoms with van der Waals surface area (Å²) < 4.78 is 5.27. The fourth-order valence-corrected chi connectivity index (χ4v) is 3.66. The van der Waals surface area contributed by atoms with Gasteiger partial charge in [0.25, 0.3) is 5.91 Å². The van der Waals surface area contributed by atoms with Crippen molar-refractivity contribution in [2.45, 2.75) is 38.0 Å². The number of halogens is 1. The van der Waals surface area contributed by atoms with Crippen molar-refractivity contribution < 1.29 is 34.4 Å². The summed E-state index contributed by atoms with van der Waals surface area (Å²) in [7, 11) is 1.52. The Labute approximate surface area is 208 Å². The molecule has 35 heavy (non-hydrogen) atoms. The van der Waals surface area contributed by atoms with E-state index in [1.54, 1.807) is 12.1 Å². The molecule has 1 amide bonds. The fraction of sp³-hybridized carbons (Fsp3) is 0.375. The first kappa shape index (κ1) is 27.9. The molecule has 1 atom stereocenters. The van der Waals surface area contributed by atoms with Gasteiger partial charge in [0.05, 0.1) is 35.5 Å². The summed E-state index contributed by atoms with van der Waals surface area (Å²) in [4.78, 5) is 34.2. The molecule has 0 aliphatic carbocycles. The van der Waals surface area contributed by atoms with Crippen LogP contribution in [0, 0.1) is 0 Å². The zero-order valence-corrected chi connectivity index (χ0v) is 20.0. The Bertz CT molecular complexity index is 1010. The first-order valence-corrected chi connectivity index (χ1v) is 11.3. The number of methoxy groups -OCH3 is 1. The van der Waals surface area contributed by atoms with E-state index in [-0.39, 0.29) is 11.9 Å². The lowest BCUT2D eigenvalue weighted by Gasteiger charge is -2.32. The molecule has 1 heterocycles. The Kier molecular flexibility index (Phi) is 10.8. The molecule has 1 saturated heterocycles. The second-order valence-corrected chi connectivity index (χ2v) is 8.40. The number of aliphatic hydroxyl groups is 1. The van der Waals surface area contributed by atoms with Crippen LogP contribution in [0.3, 0.4) is 0 Å². The van der Waals surface area contributed by atoms with Crippen molar-refractivity contribution >= 4 is 35.1 Å². The van der Waals surface area contributed by atoms with Gasteiger partial charge in [0, 0.05) is 44.1 Å². The third kappa shape index (κ3) is 9.08. The number of piperidine rings is 1. The van der Waals surface area contributed by atoms with Crippen LogP contribution in [0.1, 0.15) is 35.2 Å². The Morgan fingerprint density at radius 3 is 2.34 bits per heavy atom. The number of nitrogens with two attached hydrogens (primary N) is 1. The van der Waals surface area contributed by atoms with Gasteiger partial charge in [-0.25, -0.2) is 0 Å². The summed E-state index contributed by atoms with van der Waals surface area (Å²) in [6.45, 7) is 2.86. The smallest absolute Gasteiger partial charge is 0.255 e. The zero-order valence-electron chi connectivity index (χ0n) is 19.2. The van der Waals surface area contributed by atoms with E-state index in [4.69, 9.17) is 27.2 Å². The number of ether oxygens (including phenoxy) is 1. The Morgan fingerprint density at radius 2 is 1.83 bits per heavy atom. The van der Waals surface area contributed by atoms with Crippen molar-refractivity contribution in [1.29, 1.82) is 0 Å². The summed E-state index contributed by atoms with van der Waals surface area (Å²) in [5.74, 6) is -3.16. The SMILES string of the molecule is COc1cc(N)c(Cl)cc1C(=O)NC1CCN(Cc2ccccc2)CC1.O=C([O-])CC(O)C(=O)[O-]. The van der Waals surface area contributed by atoms with Crippen LogP contribution in [0.2, 0.25) is 5.02 Å². The number of carboxylic acid groups (broad SMARTS) is 2. The summed E-state index contributed by atoms with van der Waals surface area (Å²) in [6.07, 6.45) is -1.05. The molecular weight excluding hydrogens is 478 g/mol. The Hall–Kier alpha value is -3.34. The molecule has 1 unspecified atom stereocenters. The monoisotopic (exact) mass is 505 g/mol. The van der Waals surface area contributed by atoms with Gasteiger partial charge in [-0.05, 0) is 24.5 Å². The standard InChI is InChI=1S/C20H24ClN3O2.C4H6O5/c1-26-19-12-18(22)17(21)11-16(19)20(25)23-15-7-9-24(10-8-15)13-14-5-3-2-4-6-14;5-2(4(8)9)1-3(6)7/h2-6,11-12,15H,7-10,13,22H2,1H3,(H,23,25);2,5H,1H2,(H,6,7)(H,8,9)/p-2. The van der Waals surface area contributed by atoms with Crippen molar-refractivity contribution in [2.24, 2.45) is 0 Å². The van der Waals surface area contributed by atoms with Crippen LogP contribution in [-0.2, 0) is 16.1 Å². The van der Waals surface area contributed by atoms with Crippen molar-refractivity contribution in [3.8, 4) is 5.75 Å². The van der Waals surface area contributed by atoms with Crippen LogP contribution < -0.4 is 26.0 Å². The van der Waals surface area contributed by atoms with Gasteiger partial charge < -0.3 is 40.7 Å². The van der Waals surface area contributed by atoms with E-state index in [2.05, 4.69) is 34.5 Å². The molecule has 1 aliphatic rings. The third-order valence-electron chi connectivity index (χ3n) is 5.37. The number of rotatable bonds is 8. The quantitative estimate of drug-likeness (QED) is 0.403. The van der Waals surface area contributed by atoms with Crippen LogP contribution >= 0.6 is 11.6 Å². The molecule has 1 aliphatic heterocycles. The predicted molar refractivity (Wildman–Crippen MR) is 125 cm³/mol. The number of nitrogens with zero attached hydrogens (tertiary/aromatic N) is 1. The van der Waals surface area contributed by atoms with Gasteiger partial charge in [0.15, 0.2) is 0 Å². The summed E-state index contributed by atoms with van der Waals surface area (Å²) in [5.41, 5.74) is 7.91. The second-order valence-electron chi connectivity index (χ2n) is 7.99. The van der Waals surface area contributed by atoms with Gasteiger partial charge >= 0.3 is 0 Å². The molecule has 4 N–H and O–H groups in total. The van der Waals surface area contributed by atoms with E-state index < -0.39 is 24.5 Å². The highest BCUT2D eigenvalue weighted by molar-refractivity contribution is 6.33. The number of anilines is 1. The van der Waals surface area contributed by atoms with Crippen LogP contribution in [-0.4, -0.2) is 60.2 Å². The Morgan fingerprint density at radius 1 is 1.20 bits per heavy atom. The van der Waals surface area contributed by atoms with E-state index >= 15 is 0 Å². The predicted octanol–water partition coefficient (Wildman–Crippen LogP) is -0.438. The van der Waals surface area contributed by atoms with E-state index in [9.17, 15) is 24.6 Å². The molecule has 1 fully saturated rings. The number of hydrogen-bond donors (Lipinski definition) is 3. The third-order valence-corrected chi connectivity index (χ3v) is 5.69. The summed E-state index contributed by atoms with van der Waals surface area (Å²) in [6, 6.07) is 13.7. The molecule has 0 aromatic heterocycles. The van der Waals surface area contributed by atoms with Crippen LogP contribution in [0.4, 0.5) is 5.69 Å². The number of likely N-dealkylation sites (tertiary alicyclic amines) is 1. The maximum absolute atomic E-state index is 12.6. The largest absolute Gasteiger partial charge is 0.550 e. The van der Waals surface area contributed by atoms with Crippen LogP contribution in [0.5, 0.6) is 5.75 Å². The molecule has 0 spiro atoms. The molecule has 0 bridgehead atoms. The summed E-state index contributed by atoms with van der Waals surface area (Å²) in [5, 5.41) is 30.8. The highest BCUT2D eigenvalue weighted by atomic mass is 35.5. The molecule has 3 rings (SSSR count). The maximum atomic E-state index is 12.6. The van der Waals surface area contributed by atoms with Crippen molar-refractivity contribution in [3.05, 3.63) is 58.6 Å². The van der Waals surface area contributed by atoms with Gasteiger partial charge in [0.2, 0.25) is 0 Å². The number of aliphatic carboxylic acids is 2. The van der Waals surface area contributed by atoms with Gasteiger partial charge in [0.1, 0.15) is 5.75 Å². The number of amides is 1. The number of hydrogen-bond acceptors (Lipinski definition) is 9. The van der Waals surface area contributed by atoms with E-state index in [0.717, 1.165) is 32.5 Å². The lowest BCUT2D eigenvalue weighted by Crippen LogP contribution is -2.44. The fourth-order valence-electron chi connectivity index (χ4n) is 3.50. The molecule has 190 valence electrons. The lowest BCUT2D eigenvalue weighted by molar-refractivity contribution is -0.323. The second kappa shape index (κ2) is 13.5. The summed E-state index contributed by atoms with van der Waals surface area (Å²) >= 11 is 6.06. The molecule has 10 nitrogen and oxygen atoms in total. The highest BCUT2D eigenvalue weighted by Gasteiger charge is 2.23. The minimum absolute atomic E-state index is 0.149.